The number of piperidine rings is 3. The van der Waals surface area contributed by atoms with Crippen LogP contribution in [-0.4, -0.2) is 53.4 Å². The molecule has 5 heterocycles. The molecular weight excluding hydrogens is 392 g/mol. The molecular formula is C24H28N4O3. The van der Waals surface area contributed by atoms with Gasteiger partial charge in [0.2, 0.25) is 0 Å². The van der Waals surface area contributed by atoms with Gasteiger partial charge in [0.15, 0.2) is 5.76 Å². The van der Waals surface area contributed by atoms with E-state index in [2.05, 4.69) is 21.4 Å². The molecule has 0 saturated carbocycles. The standard InChI is InChI=1S/C24H28N4O3/c1-27-22(13-21(26-27)23-4-3-11-31-23)20-15-28-10-9-17(20)12-18(28)14-25-24(29)16-5-7-19(30-2)8-6-16/h3-8,11,13,17-18,20H,9-10,12,14-15H2,1-2H3,(H,25,29)/t17-,18+,20+/m0/s1. The minimum atomic E-state index is -0.0309. The number of aromatic nitrogens is 2. The van der Waals surface area contributed by atoms with Gasteiger partial charge in [0.25, 0.3) is 5.91 Å². The van der Waals surface area contributed by atoms with Crippen LogP contribution < -0.4 is 10.1 Å². The highest BCUT2D eigenvalue weighted by atomic mass is 16.5. The topological polar surface area (TPSA) is 72.5 Å². The first-order valence-electron chi connectivity index (χ1n) is 10.9. The van der Waals surface area contributed by atoms with Gasteiger partial charge in [0.1, 0.15) is 11.4 Å². The Bertz CT molecular complexity index is 1040. The van der Waals surface area contributed by atoms with Gasteiger partial charge >= 0.3 is 0 Å². The normalized spacial score (nSPS) is 24.8. The zero-order valence-corrected chi connectivity index (χ0v) is 18.0. The van der Waals surface area contributed by atoms with E-state index in [1.165, 1.54) is 12.1 Å². The third kappa shape index (κ3) is 3.85. The average Bonchev–Trinajstić information content (AvgIpc) is 3.48. The van der Waals surface area contributed by atoms with Crippen LogP contribution in [0.15, 0.2) is 53.1 Å². The van der Waals surface area contributed by atoms with E-state index in [0.29, 0.717) is 30.0 Å². The Morgan fingerprint density at radius 1 is 1.29 bits per heavy atom. The summed E-state index contributed by atoms with van der Waals surface area (Å²) >= 11 is 0. The average molecular weight is 421 g/mol. The van der Waals surface area contributed by atoms with E-state index in [-0.39, 0.29) is 5.91 Å². The molecule has 1 aromatic carbocycles. The second kappa shape index (κ2) is 8.23. The molecule has 3 aliphatic heterocycles. The molecule has 1 amide bonds. The summed E-state index contributed by atoms with van der Waals surface area (Å²) in [5.74, 6) is 2.60. The Kier molecular flexibility index (Phi) is 5.28. The summed E-state index contributed by atoms with van der Waals surface area (Å²) in [5, 5.41) is 7.80. The van der Waals surface area contributed by atoms with Gasteiger partial charge in [-0.2, -0.15) is 5.10 Å². The van der Waals surface area contributed by atoms with E-state index < -0.39 is 0 Å². The fourth-order valence-electron chi connectivity index (χ4n) is 5.11. The van der Waals surface area contributed by atoms with Gasteiger partial charge in [-0.25, -0.2) is 0 Å². The Labute approximate surface area is 182 Å². The van der Waals surface area contributed by atoms with E-state index in [4.69, 9.17) is 9.15 Å². The summed E-state index contributed by atoms with van der Waals surface area (Å²) in [4.78, 5) is 15.1. The van der Waals surface area contributed by atoms with E-state index in [1.807, 2.05) is 36.0 Å². The van der Waals surface area contributed by atoms with Crippen LogP contribution in [0.1, 0.15) is 34.8 Å². The molecule has 2 bridgehead atoms. The molecule has 162 valence electrons. The second-order valence-corrected chi connectivity index (χ2v) is 8.53. The molecule has 2 aromatic heterocycles. The number of rotatable bonds is 6. The third-order valence-corrected chi connectivity index (χ3v) is 6.80. The van der Waals surface area contributed by atoms with Gasteiger partial charge in [0, 0.05) is 43.4 Å². The first kappa shape index (κ1) is 19.9. The van der Waals surface area contributed by atoms with E-state index in [9.17, 15) is 4.79 Å². The molecule has 1 N–H and O–H groups in total. The van der Waals surface area contributed by atoms with Crippen molar-refractivity contribution < 1.29 is 13.9 Å². The summed E-state index contributed by atoms with van der Waals surface area (Å²) in [5.41, 5.74) is 2.82. The number of hydrogen-bond donors (Lipinski definition) is 1. The van der Waals surface area contributed by atoms with Crippen molar-refractivity contribution in [3.05, 3.63) is 60.0 Å². The molecule has 3 fully saturated rings. The highest BCUT2D eigenvalue weighted by Gasteiger charge is 2.41. The number of benzene rings is 1. The van der Waals surface area contributed by atoms with Gasteiger partial charge in [-0.1, -0.05) is 0 Å². The highest BCUT2D eigenvalue weighted by molar-refractivity contribution is 5.94. The van der Waals surface area contributed by atoms with Gasteiger partial charge in [0.05, 0.1) is 13.4 Å². The van der Waals surface area contributed by atoms with E-state index >= 15 is 0 Å². The van der Waals surface area contributed by atoms with Crippen LogP contribution in [0.2, 0.25) is 0 Å². The molecule has 0 spiro atoms. The Balaban J connectivity index is 1.23. The fraction of sp³-hybridized carbons (Fsp3) is 0.417. The molecule has 4 atom stereocenters. The summed E-state index contributed by atoms with van der Waals surface area (Å²) in [6, 6.07) is 13.6. The minimum absolute atomic E-state index is 0.0309. The number of carbonyl (C=O) groups excluding carboxylic acids is 1. The van der Waals surface area contributed by atoms with E-state index in [1.54, 1.807) is 25.5 Å². The molecule has 3 aromatic rings. The Morgan fingerprint density at radius 3 is 2.81 bits per heavy atom. The number of ether oxygens (including phenoxy) is 1. The smallest absolute Gasteiger partial charge is 0.251 e. The van der Waals surface area contributed by atoms with Crippen molar-refractivity contribution in [1.82, 2.24) is 20.0 Å². The lowest BCUT2D eigenvalue weighted by atomic mass is 9.74. The van der Waals surface area contributed by atoms with Crippen LogP contribution in [0.5, 0.6) is 5.75 Å². The summed E-state index contributed by atoms with van der Waals surface area (Å²) in [6.45, 7) is 2.77. The molecule has 7 nitrogen and oxygen atoms in total. The maximum atomic E-state index is 12.5. The quantitative estimate of drug-likeness (QED) is 0.663. The fourth-order valence-corrected chi connectivity index (χ4v) is 5.11. The van der Waals surface area contributed by atoms with Crippen molar-refractivity contribution in [3.63, 3.8) is 0 Å². The van der Waals surface area contributed by atoms with Gasteiger partial charge < -0.3 is 14.5 Å². The Morgan fingerprint density at radius 2 is 2.13 bits per heavy atom. The SMILES string of the molecule is COc1ccc(C(=O)NC[C@H]2C[C@@H]3CCN2C[C@H]3c2cc(-c3ccco3)nn2C)cc1. The van der Waals surface area contributed by atoms with Crippen molar-refractivity contribution in [2.24, 2.45) is 13.0 Å². The third-order valence-electron chi connectivity index (χ3n) is 6.80. The van der Waals surface area contributed by atoms with E-state index in [0.717, 1.165) is 36.7 Å². The lowest BCUT2D eigenvalue weighted by Crippen LogP contribution is -2.56. The number of furan rings is 1. The van der Waals surface area contributed by atoms with Crippen LogP contribution in [0.3, 0.4) is 0 Å². The highest BCUT2D eigenvalue weighted by Crippen LogP contribution is 2.42. The molecule has 0 aliphatic carbocycles. The molecule has 1 unspecified atom stereocenters. The van der Waals surface area contributed by atoms with Crippen LogP contribution in [0.4, 0.5) is 0 Å². The first-order valence-corrected chi connectivity index (χ1v) is 10.9. The van der Waals surface area contributed by atoms with Gasteiger partial charge in [-0.05, 0) is 67.8 Å². The summed E-state index contributed by atoms with van der Waals surface area (Å²) < 4.78 is 12.7. The second-order valence-electron chi connectivity index (χ2n) is 8.53. The maximum absolute atomic E-state index is 12.5. The molecule has 31 heavy (non-hydrogen) atoms. The van der Waals surface area contributed by atoms with Gasteiger partial charge in [-0.3, -0.25) is 14.4 Å². The summed E-state index contributed by atoms with van der Waals surface area (Å²) in [6.07, 6.45) is 3.96. The number of carbonyl (C=O) groups is 1. The Hall–Kier alpha value is -3.06. The van der Waals surface area contributed by atoms with Crippen molar-refractivity contribution in [2.45, 2.75) is 24.8 Å². The lowest BCUT2D eigenvalue weighted by Gasteiger charge is -2.50. The zero-order valence-electron chi connectivity index (χ0n) is 18.0. The number of amides is 1. The number of aryl methyl sites for hydroxylation is 1. The van der Waals surface area contributed by atoms with Crippen molar-refractivity contribution in [1.29, 1.82) is 0 Å². The monoisotopic (exact) mass is 420 g/mol. The van der Waals surface area contributed by atoms with Gasteiger partial charge in [-0.15, -0.1) is 0 Å². The number of fused-ring (bicyclic) bond motifs is 3. The summed E-state index contributed by atoms with van der Waals surface area (Å²) in [7, 11) is 3.64. The van der Waals surface area contributed by atoms with Crippen LogP contribution in [0, 0.1) is 5.92 Å². The molecule has 3 aliphatic rings. The molecule has 0 radical (unpaired) electrons. The molecule has 7 heteroatoms. The van der Waals surface area contributed by atoms with Crippen molar-refractivity contribution in [3.8, 4) is 17.2 Å². The van der Waals surface area contributed by atoms with Crippen LogP contribution in [0.25, 0.3) is 11.5 Å². The number of nitrogens with one attached hydrogen (secondary N) is 1. The van der Waals surface area contributed by atoms with Crippen LogP contribution >= 0.6 is 0 Å². The maximum Gasteiger partial charge on any atom is 0.251 e. The molecule has 3 saturated heterocycles. The number of methoxy groups -OCH3 is 1. The number of hydrogen-bond acceptors (Lipinski definition) is 5. The van der Waals surface area contributed by atoms with Crippen molar-refractivity contribution in [2.75, 3.05) is 26.7 Å². The predicted octanol–water partition coefficient (Wildman–Crippen LogP) is 3.30. The lowest BCUT2D eigenvalue weighted by molar-refractivity contribution is 0.0280. The largest absolute Gasteiger partial charge is 0.497 e. The predicted molar refractivity (Wildman–Crippen MR) is 117 cm³/mol. The van der Waals surface area contributed by atoms with Crippen LogP contribution in [-0.2, 0) is 7.05 Å². The molecule has 6 rings (SSSR count). The van der Waals surface area contributed by atoms with Crippen molar-refractivity contribution >= 4 is 5.91 Å². The minimum Gasteiger partial charge on any atom is -0.497 e. The number of nitrogens with zero attached hydrogens (tertiary/aromatic N) is 3. The first-order chi connectivity index (χ1) is 15.1. The zero-order chi connectivity index (χ0) is 21.4.